The SMILES string of the molecule is CC(C)OCc1cccc(NC(=O)CNCC2CC2)c1. The largest absolute Gasteiger partial charge is 0.374 e. The zero-order valence-electron chi connectivity index (χ0n) is 12.3. The molecule has 4 heteroatoms. The molecule has 2 N–H and O–H groups in total. The standard InChI is InChI=1S/C16H24N2O2/c1-12(2)20-11-14-4-3-5-15(8-14)18-16(19)10-17-9-13-6-7-13/h3-5,8,12-13,17H,6-7,9-11H2,1-2H3,(H,18,19). The second-order valence-electron chi connectivity index (χ2n) is 5.68. The Balaban J connectivity index is 1.75. The van der Waals surface area contributed by atoms with Gasteiger partial charge in [-0.1, -0.05) is 12.1 Å². The van der Waals surface area contributed by atoms with Gasteiger partial charge in [0.1, 0.15) is 0 Å². The number of carbonyl (C=O) groups is 1. The Bertz CT molecular complexity index is 442. The van der Waals surface area contributed by atoms with Crippen molar-refractivity contribution in [3.63, 3.8) is 0 Å². The molecule has 0 aromatic heterocycles. The van der Waals surface area contributed by atoms with Crippen LogP contribution in [0.25, 0.3) is 0 Å². The average molecular weight is 276 g/mol. The van der Waals surface area contributed by atoms with Gasteiger partial charge < -0.3 is 15.4 Å². The summed E-state index contributed by atoms with van der Waals surface area (Å²) in [6.45, 7) is 5.93. The number of hydrogen-bond donors (Lipinski definition) is 2. The van der Waals surface area contributed by atoms with E-state index >= 15 is 0 Å². The highest BCUT2D eigenvalue weighted by Crippen LogP contribution is 2.27. The first-order valence-electron chi connectivity index (χ1n) is 7.34. The van der Waals surface area contributed by atoms with Crippen molar-refractivity contribution in [2.24, 2.45) is 5.92 Å². The monoisotopic (exact) mass is 276 g/mol. The average Bonchev–Trinajstić information content (AvgIpc) is 3.21. The van der Waals surface area contributed by atoms with E-state index in [1.165, 1.54) is 12.8 Å². The molecule has 1 aliphatic rings. The molecule has 0 saturated heterocycles. The third kappa shape index (κ3) is 5.72. The van der Waals surface area contributed by atoms with Crippen LogP contribution in [0.4, 0.5) is 5.69 Å². The summed E-state index contributed by atoms with van der Waals surface area (Å²) in [4.78, 5) is 11.8. The van der Waals surface area contributed by atoms with E-state index in [-0.39, 0.29) is 12.0 Å². The minimum absolute atomic E-state index is 0.00702. The van der Waals surface area contributed by atoms with Crippen molar-refractivity contribution in [2.75, 3.05) is 18.4 Å². The van der Waals surface area contributed by atoms with Crippen LogP contribution in [0.5, 0.6) is 0 Å². The third-order valence-corrected chi connectivity index (χ3v) is 3.21. The molecule has 1 fully saturated rings. The lowest BCUT2D eigenvalue weighted by molar-refractivity contribution is -0.115. The molecule has 0 heterocycles. The molecule has 0 radical (unpaired) electrons. The fourth-order valence-corrected chi connectivity index (χ4v) is 1.92. The maximum atomic E-state index is 11.8. The molecule has 0 unspecified atom stereocenters. The fourth-order valence-electron chi connectivity index (χ4n) is 1.92. The Kier molecular flexibility index (Phi) is 5.56. The van der Waals surface area contributed by atoms with Crippen molar-refractivity contribution in [1.29, 1.82) is 0 Å². The second-order valence-corrected chi connectivity index (χ2v) is 5.68. The van der Waals surface area contributed by atoms with Crippen LogP contribution in [-0.4, -0.2) is 25.1 Å². The molecule has 1 aliphatic carbocycles. The van der Waals surface area contributed by atoms with Crippen molar-refractivity contribution < 1.29 is 9.53 Å². The van der Waals surface area contributed by atoms with E-state index in [4.69, 9.17) is 4.74 Å². The van der Waals surface area contributed by atoms with E-state index in [1.807, 2.05) is 38.1 Å². The topological polar surface area (TPSA) is 50.4 Å². The first-order valence-corrected chi connectivity index (χ1v) is 7.34. The first kappa shape index (κ1) is 15.0. The summed E-state index contributed by atoms with van der Waals surface area (Å²) in [6.07, 6.45) is 2.80. The van der Waals surface area contributed by atoms with Gasteiger partial charge in [0, 0.05) is 5.69 Å². The minimum Gasteiger partial charge on any atom is -0.374 e. The van der Waals surface area contributed by atoms with Crippen LogP contribution in [0.3, 0.4) is 0 Å². The summed E-state index contributed by atoms with van der Waals surface area (Å²) in [5, 5.41) is 6.09. The molecular formula is C16H24N2O2. The zero-order chi connectivity index (χ0) is 14.4. The maximum absolute atomic E-state index is 11.8. The van der Waals surface area contributed by atoms with E-state index in [0.717, 1.165) is 23.7 Å². The van der Waals surface area contributed by atoms with Gasteiger partial charge in [-0.2, -0.15) is 0 Å². The molecule has 0 aliphatic heterocycles. The number of hydrogen-bond acceptors (Lipinski definition) is 3. The molecule has 2 rings (SSSR count). The first-order chi connectivity index (χ1) is 9.63. The number of nitrogens with one attached hydrogen (secondary N) is 2. The van der Waals surface area contributed by atoms with Gasteiger partial charge in [-0.15, -0.1) is 0 Å². The Morgan fingerprint density at radius 3 is 2.90 bits per heavy atom. The van der Waals surface area contributed by atoms with Gasteiger partial charge in [0.05, 0.1) is 19.3 Å². The lowest BCUT2D eigenvalue weighted by Crippen LogP contribution is -2.29. The Labute approximate surface area is 120 Å². The number of carbonyl (C=O) groups excluding carboxylic acids is 1. The molecule has 110 valence electrons. The lowest BCUT2D eigenvalue weighted by atomic mass is 10.2. The molecule has 1 aromatic carbocycles. The van der Waals surface area contributed by atoms with E-state index in [0.29, 0.717) is 13.2 Å². The van der Waals surface area contributed by atoms with Crippen molar-refractivity contribution in [3.8, 4) is 0 Å². The Morgan fingerprint density at radius 2 is 2.20 bits per heavy atom. The van der Waals surface area contributed by atoms with Gasteiger partial charge in [0.2, 0.25) is 5.91 Å². The molecule has 1 amide bonds. The summed E-state index contributed by atoms with van der Waals surface area (Å²) in [6, 6.07) is 7.80. The smallest absolute Gasteiger partial charge is 0.238 e. The molecule has 0 atom stereocenters. The molecule has 0 spiro atoms. The zero-order valence-corrected chi connectivity index (χ0v) is 12.3. The van der Waals surface area contributed by atoms with Crippen LogP contribution >= 0.6 is 0 Å². The summed E-state index contributed by atoms with van der Waals surface area (Å²) in [5.74, 6) is 0.798. The van der Waals surface area contributed by atoms with Crippen molar-refractivity contribution in [3.05, 3.63) is 29.8 Å². The highest BCUT2D eigenvalue weighted by Gasteiger charge is 2.20. The molecule has 4 nitrogen and oxygen atoms in total. The number of benzene rings is 1. The number of ether oxygens (including phenoxy) is 1. The van der Waals surface area contributed by atoms with Crippen molar-refractivity contribution in [2.45, 2.75) is 39.4 Å². The van der Waals surface area contributed by atoms with Crippen LogP contribution in [0.15, 0.2) is 24.3 Å². The van der Waals surface area contributed by atoms with Gasteiger partial charge in [-0.3, -0.25) is 4.79 Å². The number of anilines is 1. The Morgan fingerprint density at radius 1 is 1.40 bits per heavy atom. The van der Waals surface area contributed by atoms with Crippen LogP contribution in [0.1, 0.15) is 32.3 Å². The quantitative estimate of drug-likeness (QED) is 0.767. The van der Waals surface area contributed by atoms with E-state index < -0.39 is 0 Å². The normalized spacial score (nSPS) is 14.6. The molecule has 1 aromatic rings. The molecule has 20 heavy (non-hydrogen) atoms. The lowest BCUT2D eigenvalue weighted by Gasteiger charge is -2.10. The highest BCUT2D eigenvalue weighted by atomic mass is 16.5. The highest BCUT2D eigenvalue weighted by molar-refractivity contribution is 5.92. The van der Waals surface area contributed by atoms with Gasteiger partial charge in [-0.25, -0.2) is 0 Å². The fraction of sp³-hybridized carbons (Fsp3) is 0.562. The molecular weight excluding hydrogens is 252 g/mol. The second kappa shape index (κ2) is 7.41. The summed E-state index contributed by atoms with van der Waals surface area (Å²) >= 11 is 0. The van der Waals surface area contributed by atoms with Gasteiger partial charge >= 0.3 is 0 Å². The van der Waals surface area contributed by atoms with Gasteiger partial charge in [0.25, 0.3) is 0 Å². The van der Waals surface area contributed by atoms with Crippen LogP contribution < -0.4 is 10.6 Å². The predicted molar refractivity (Wildman–Crippen MR) is 80.6 cm³/mol. The molecule has 1 saturated carbocycles. The van der Waals surface area contributed by atoms with E-state index in [9.17, 15) is 4.79 Å². The third-order valence-electron chi connectivity index (χ3n) is 3.21. The van der Waals surface area contributed by atoms with Crippen LogP contribution in [-0.2, 0) is 16.1 Å². The predicted octanol–water partition coefficient (Wildman–Crippen LogP) is 2.55. The van der Waals surface area contributed by atoms with Crippen LogP contribution in [0.2, 0.25) is 0 Å². The van der Waals surface area contributed by atoms with Crippen LogP contribution in [0, 0.1) is 5.92 Å². The minimum atomic E-state index is 0.00702. The van der Waals surface area contributed by atoms with Crippen molar-refractivity contribution >= 4 is 11.6 Å². The number of amides is 1. The summed E-state index contributed by atoms with van der Waals surface area (Å²) in [5.41, 5.74) is 1.90. The van der Waals surface area contributed by atoms with Gasteiger partial charge in [-0.05, 0) is 56.8 Å². The summed E-state index contributed by atoms with van der Waals surface area (Å²) < 4.78 is 5.56. The number of rotatable bonds is 8. The van der Waals surface area contributed by atoms with Gasteiger partial charge in [0.15, 0.2) is 0 Å². The Hall–Kier alpha value is -1.39. The van der Waals surface area contributed by atoms with E-state index in [1.54, 1.807) is 0 Å². The van der Waals surface area contributed by atoms with Crippen molar-refractivity contribution in [1.82, 2.24) is 5.32 Å². The molecule has 0 bridgehead atoms. The summed E-state index contributed by atoms with van der Waals surface area (Å²) in [7, 11) is 0. The van der Waals surface area contributed by atoms with E-state index in [2.05, 4.69) is 10.6 Å². The maximum Gasteiger partial charge on any atom is 0.238 e.